The number of carbonyl (C=O) groups is 4. The molecule has 7 nitrogen and oxygen atoms in total. The molecule has 0 bridgehead atoms. The van der Waals surface area contributed by atoms with Gasteiger partial charge in [-0.1, -0.05) is 18.2 Å². The smallest absolute Gasteiger partial charge is 0.280 e. The van der Waals surface area contributed by atoms with Crippen LogP contribution in [0.4, 0.5) is 15.3 Å². The van der Waals surface area contributed by atoms with Crippen molar-refractivity contribution in [2.75, 3.05) is 4.90 Å². The van der Waals surface area contributed by atoms with Gasteiger partial charge in [0.2, 0.25) is 12.8 Å². The van der Waals surface area contributed by atoms with Gasteiger partial charge in [-0.15, -0.1) is 0 Å². The number of anilines is 1. The number of hydrogen-bond donors (Lipinski definition) is 2. The van der Waals surface area contributed by atoms with Crippen LogP contribution in [0.5, 0.6) is 0 Å². The Hall–Kier alpha value is -2.70. The Morgan fingerprint density at radius 1 is 0.941 bits per heavy atom. The van der Waals surface area contributed by atoms with Crippen LogP contribution in [0, 0.1) is 0 Å². The van der Waals surface area contributed by atoms with Gasteiger partial charge in [-0.3, -0.25) is 20.2 Å². The highest BCUT2D eigenvalue weighted by Crippen LogP contribution is 2.13. The lowest BCUT2D eigenvalue weighted by molar-refractivity contribution is -0.109. The molecule has 0 unspecified atom stereocenters. The summed E-state index contributed by atoms with van der Waals surface area (Å²) in [6, 6.07) is 5.95. The van der Waals surface area contributed by atoms with Gasteiger partial charge in [0.25, 0.3) is 0 Å². The van der Waals surface area contributed by atoms with Gasteiger partial charge < -0.3 is 0 Å². The summed E-state index contributed by atoms with van der Waals surface area (Å²) in [6.45, 7) is 0. The second-order valence-electron chi connectivity index (χ2n) is 2.81. The quantitative estimate of drug-likeness (QED) is 0.733. The number of benzene rings is 1. The van der Waals surface area contributed by atoms with E-state index in [0.717, 1.165) is 0 Å². The monoisotopic (exact) mass is 235 g/mol. The van der Waals surface area contributed by atoms with E-state index < -0.39 is 12.1 Å². The van der Waals surface area contributed by atoms with Crippen LogP contribution in [0.1, 0.15) is 0 Å². The van der Waals surface area contributed by atoms with Gasteiger partial charge in [0.05, 0.1) is 5.69 Å². The maximum Gasteiger partial charge on any atom is 0.336 e. The normalized spacial score (nSPS) is 8.94. The molecular formula is C10H9N3O4. The van der Waals surface area contributed by atoms with Crippen LogP contribution >= 0.6 is 0 Å². The molecule has 1 rings (SSSR count). The molecule has 0 fully saturated rings. The standard InChI is InChI=1S/C10H9N3O4/c14-6-11-9(16)13(10(17)12-7-15)8-4-2-1-3-5-8/h1-7H,(H,11,14,16)(H,12,15,17). The first-order chi connectivity index (χ1) is 8.20. The highest BCUT2D eigenvalue weighted by atomic mass is 16.2. The second kappa shape index (κ2) is 6.01. The number of hydrogen-bond acceptors (Lipinski definition) is 4. The van der Waals surface area contributed by atoms with E-state index in [1.54, 1.807) is 18.2 Å². The lowest BCUT2D eigenvalue weighted by Crippen LogP contribution is -2.48. The third-order valence-corrected chi connectivity index (χ3v) is 1.79. The number of rotatable bonds is 3. The van der Waals surface area contributed by atoms with E-state index in [0.29, 0.717) is 4.90 Å². The number of nitrogens with zero attached hydrogens (tertiary/aromatic N) is 1. The van der Waals surface area contributed by atoms with Crippen LogP contribution < -0.4 is 15.5 Å². The summed E-state index contributed by atoms with van der Waals surface area (Å²) in [7, 11) is 0. The average Bonchev–Trinajstić information content (AvgIpc) is 2.31. The number of urea groups is 2. The van der Waals surface area contributed by atoms with Crippen molar-refractivity contribution < 1.29 is 19.2 Å². The maximum atomic E-state index is 11.5. The SMILES string of the molecule is O=CNC(=O)N(C(=O)NC=O)c1ccccc1. The third-order valence-electron chi connectivity index (χ3n) is 1.79. The Morgan fingerprint density at radius 2 is 1.41 bits per heavy atom. The fraction of sp³-hybridized carbons (Fsp3) is 0. The van der Waals surface area contributed by atoms with Crippen LogP contribution in [-0.4, -0.2) is 24.9 Å². The van der Waals surface area contributed by atoms with Crippen molar-refractivity contribution in [1.82, 2.24) is 10.6 Å². The van der Waals surface area contributed by atoms with E-state index >= 15 is 0 Å². The van der Waals surface area contributed by atoms with E-state index in [9.17, 15) is 19.2 Å². The maximum absolute atomic E-state index is 11.5. The number of carbonyl (C=O) groups excluding carboxylic acids is 4. The second-order valence-corrected chi connectivity index (χ2v) is 2.81. The van der Waals surface area contributed by atoms with E-state index in [1.807, 2.05) is 10.6 Å². The third kappa shape index (κ3) is 3.13. The van der Waals surface area contributed by atoms with Crippen molar-refractivity contribution in [2.45, 2.75) is 0 Å². The van der Waals surface area contributed by atoms with E-state index in [1.165, 1.54) is 12.1 Å². The first-order valence-electron chi connectivity index (χ1n) is 4.54. The van der Waals surface area contributed by atoms with Crippen molar-refractivity contribution >= 4 is 30.6 Å². The zero-order valence-corrected chi connectivity index (χ0v) is 8.62. The summed E-state index contributed by atoms with van der Waals surface area (Å²) >= 11 is 0. The Labute approximate surface area is 96.4 Å². The predicted molar refractivity (Wildman–Crippen MR) is 58.1 cm³/mol. The van der Waals surface area contributed by atoms with E-state index in [-0.39, 0.29) is 18.5 Å². The van der Waals surface area contributed by atoms with Crippen molar-refractivity contribution in [1.29, 1.82) is 0 Å². The molecule has 0 radical (unpaired) electrons. The summed E-state index contributed by atoms with van der Waals surface area (Å²) in [5.41, 5.74) is 0.228. The largest absolute Gasteiger partial charge is 0.336 e. The van der Waals surface area contributed by atoms with E-state index in [4.69, 9.17) is 0 Å². The van der Waals surface area contributed by atoms with Gasteiger partial charge >= 0.3 is 12.1 Å². The minimum atomic E-state index is -0.953. The Morgan fingerprint density at radius 3 is 1.82 bits per heavy atom. The molecule has 1 aromatic rings. The number of para-hydroxylation sites is 1. The highest BCUT2D eigenvalue weighted by Gasteiger charge is 2.22. The van der Waals surface area contributed by atoms with Gasteiger partial charge in [-0.05, 0) is 12.1 Å². The molecule has 2 N–H and O–H groups in total. The molecule has 0 aliphatic carbocycles. The van der Waals surface area contributed by atoms with Gasteiger partial charge in [0.15, 0.2) is 0 Å². The Bertz CT molecular complexity index is 410. The van der Waals surface area contributed by atoms with Crippen LogP contribution in [0.15, 0.2) is 30.3 Å². The van der Waals surface area contributed by atoms with Gasteiger partial charge in [-0.25, -0.2) is 14.5 Å². The molecule has 0 aliphatic heterocycles. The molecule has 0 aromatic heterocycles. The van der Waals surface area contributed by atoms with Crippen LogP contribution in [0.2, 0.25) is 0 Å². The molecule has 1 aromatic carbocycles. The molecule has 0 atom stereocenters. The first kappa shape index (κ1) is 12.4. The summed E-state index contributed by atoms with van der Waals surface area (Å²) in [6.07, 6.45) is 0.291. The van der Waals surface area contributed by atoms with Crippen LogP contribution in [-0.2, 0) is 9.59 Å². The minimum Gasteiger partial charge on any atom is -0.280 e. The number of imide groups is 3. The van der Waals surface area contributed by atoms with Gasteiger partial charge in [-0.2, -0.15) is 0 Å². The van der Waals surface area contributed by atoms with Crippen LogP contribution in [0.3, 0.4) is 0 Å². The molecule has 0 saturated carbocycles. The summed E-state index contributed by atoms with van der Waals surface area (Å²) in [5.74, 6) is 0. The van der Waals surface area contributed by atoms with Crippen molar-refractivity contribution in [3.8, 4) is 0 Å². The van der Waals surface area contributed by atoms with E-state index in [2.05, 4.69) is 0 Å². The summed E-state index contributed by atoms with van der Waals surface area (Å²) < 4.78 is 0. The van der Waals surface area contributed by atoms with Crippen LogP contribution in [0.25, 0.3) is 0 Å². The molecule has 17 heavy (non-hydrogen) atoms. The fourth-order valence-corrected chi connectivity index (χ4v) is 1.13. The zero-order valence-electron chi connectivity index (χ0n) is 8.62. The zero-order chi connectivity index (χ0) is 12.7. The molecular weight excluding hydrogens is 226 g/mol. The molecule has 0 saturated heterocycles. The average molecular weight is 235 g/mol. The molecule has 88 valence electrons. The lowest BCUT2D eigenvalue weighted by Gasteiger charge is -2.18. The molecule has 0 heterocycles. The van der Waals surface area contributed by atoms with Gasteiger partial charge in [0, 0.05) is 0 Å². The number of amides is 6. The van der Waals surface area contributed by atoms with Gasteiger partial charge in [0.1, 0.15) is 0 Å². The lowest BCUT2D eigenvalue weighted by atomic mass is 10.3. The minimum absolute atomic E-state index is 0.145. The molecule has 0 aliphatic rings. The van der Waals surface area contributed by atoms with Crippen molar-refractivity contribution in [2.24, 2.45) is 0 Å². The summed E-state index contributed by atoms with van der Waals surface area (Å²) in [4.78, 5) is 43.9. The molecule has 7 heteroatoms. The first-order valence-corrected chi connectivity index (χ1v) is 4.54. The molecule has 6 amide bonds. The van der Waals surface area contributed by atoms with Crippen molar-refractivity contribution in [3.63, 3.8) is 0 Å². The molecule has 0 spiro atoms. The van der Waals surface area contributed by atoms with Crippen molar-refractivity contribution in [3.05, 3.63) is 30.3 Å². The Balaban J connectivity index is 3.02. The highest BCUT2D eigenvalue weighted by molar-refractivity contribution is 6.17. The Kier molecular flexibility index (Phi) is 4.37. The summed E-state index contributed by atoms with van der Waals surface area (Å²) in [5, 5.41) is 3.63. The fourth-order valence-electron chi connectivity index (χ4n) is 1.13. The number of nitrogens with one attached hydrogen (secondary N) is 2. The topological polar surface area (TPSA) is 95.6 Å². The predicted octanol–water partition coefficient (Wildman–Crippen LogP) is 0.225.